The van der Waals surface area contributed by atoms with Crippen molar-refractivity contribution in [2.75, 3.05) is 11.9 Å². The molecular formula is C13H13NO2S. The Hall–Kier alpha value is -1.81. The zero-order valence-corrected chi connectivity index (χ0v) is 10.5. The van der Waals surface area contributed by atoms with E-state index in [2.05, 4.69) is 0 Å². The molecule has 0 aliphatic heterocycles. The Balaban J connectivity index is 2.30. The second-order valence-electron chi connectivity index (χ2n) is 3.85. The molecule has 1 aromatic heterocycles. The van der Waals surface area contributed by atoms with Gasteiger partial charge in [-0.05, 0) is 30.0 Å². The molecule has 0 aliphatic carbocycles. The third-order valence-electron chi connectivity index (χ3n) is 2.61. The molecule has 2 aromatic rings. The molecule has 1 aromatic carbocycles. The first kappa shape index (κ1) is 11.7. The number of benzene rings is 1. The van der Waals surface area contributed by atoms with E-state index >= 15 is 0 Å². The van der Waals surface area contributed by atoms with E-state index in [4.69, 9.17) is 0 Å². The minimum Gasteiger partial charge on any atom is -0.508 e. The van der Waals surface area contributed by atoms with Crippen molar-refractivity contribution in [1.29, 1.82) is 0 Å². The van der Waals surface area contributed by atoms with Crippen LogP contribution in [-0.2, 0) is 0 Å². The Morgan fingerprint density at radius 2 is 2.12 bits per heavy atom. The van der Waals surface area contributed by atoms with Crippen molar-refractivity contribution in [2.24, 2.45) is 0 Å². The second-order valence-corrected chi connectivity index (χ2v) is 4.60. The van der Waals surface area contributed by atoms with Crippen LogP contribution >= 0.6 is 11.3 Å². The fourth-order valence-corrected chi connectivity index (χ4v) is 2.40. The van der Waals surface area contributed by atoms with Gasteiger partial charge in [-0.1, -0.05) is 6.07 Å². The summed E-state index contributed by atoms with van der Waals surface area (Å²) in [7, 11) is 1.70. The molecule has 0 spiro atoms. The third kappa shape index (κ3) is 2.31. The number of hydrogen-bond donors (Lipinski definition) is 1. The average molecular weight is 247 g/mol. The maximum Gasteiger partial charge on any atom is 0.259 e. The summed E-state index contributed by atoms with van der Waals surface area (Å²) in [4.78, 5) is 13.7. The number of nitrogens with zero attached hydrogens (tertiary/aromatic N) is 1. The maximum atomic E-state index is 12.2. The summed E-state index contributed by atoms with van der Waals surface area (Å²) in [6.45, 7) is 1.92. The van der Waals surface area contributed by atoms with Crippen LogP contribution in [0.1, 0.15) is 15.9 Å². The molecule has 0 bridgehead atoms. The Morgan fingerprint density at radius 3 is 2.71 bits per heavy atom. The molecule has 0 fully saturated rings. The molecule has 0 atom stereocenters. The lowest BCUT2D eigenvalue weighted by molar-refractivity contribution is 0.0993. The van der Waals surface area contributed by atoms with Crippen LogP contribution < -0.4 is 4.90 Å². The summed E-state index contributed by atoms with van der Waals surface area (Å²) in [5.74, 6) is 0.0959. The molecule has 88 valence electrons. The molecule has 1 N–H and O–H groups in total. The number of carbonyl (C=O) groups excluding carboxylic acids is 1. The molecule has 2 rings (SSSR count). The highest BCUT2D eigenvalue weighted by molar-refractivity contribution is 7.08. The van der Waals surface area contributed by atoms with Gasteiger partial charge in [-0.2, -0.15) is 11.3 Å². The van der Waals surface area contributed by atoms with Crippen LogP contribution in [0, 0.1) is 6.92 Å². The quantitative estimate of drug-likeness (QED) is 0.886. The van der Waals surface area contributed by atoms with E-state index in [1.165, 1.54) is 16.2 Å². The van der Waals surface area contributed by atoms with Crippen LogP contribution in [0.25, 0.3) is 0 Å². The van der Waals surface area contributed by atoms with Crippen LogP contribution in [0.2, 0.25) is 0 Å². The van der Waals surface area contributed by atoms with E-state index in [0.29, 0.717) is 11.3 Å². The Kier molecular flexibility index (Phi) is 3.15. The largest absolute Gasteiger partial charge is 0.508 e. The van der Waals surface area contributed by atoms with Gasteiger partial charge >= 0.3 is 0 Å². The highest BCUT2D eigenvalue weighted by atomic mass is 32.1. The molecule has 4 heteroatoms. The average Bonchev–Trinajstić information content (AvgIpc) is 2.73. The number of phenolic OH excluding ortho intramolecular Hbond substituents is 1. The van der Waals surface area contributed by atoms with Gasteiger partial charge in [-0.3, -0.25) is 4.79 Å². The van der Waals surface area contributed by atoms with Gasteiger partial charge in [-0.15, -0.1) is 0 Å². The van der Waals surface area contributed by atoms with Crippen LogP contribution in [0.4, 0.5) is 5.69 Å². The predicted molar refractivity (Wildman–Crippen MR) is 69.9 cm³/mol. The summed E-state index contributed by atoms with van der Waals surface area (Å²) in [5.41, 5.74) is 2.37. The van der Waals surface area contributed by atoms with Crippen LogP contribution in [0.15, 0.2) is 35.0 Å². The van der Waals surface area contributed by atoms with Gasteiger partial charge in [0, 0.05) is 24.2 Å². The van der Waals surface area contributed by atoms with Crippen molar-refractivity contribution < 1.29 is 9.90 Å². The van der Waals surface area contributed by atoms with Crippen molar-refractivity contribution in [3.63, 3.8) is 0 Å². The summed E-state index contributed by atoms with van der Waals surface area (Å²) >= 11 is 1.51. The Labute approximate surface area is 104 Å². The van der Waals surface area contributed by atoms with E-state index in [0.717, 1.165) is 5.56 Å². The SMILES string of the molecule is Cc1cscc1C(=O)N(C)c1cccc(O)c1. The predicted octanol–water partition coefficient (Wildman–Crippen LogP) is 3.04. The minimum atomic E-state index is -0.0608. The standard InChI is InChI=1S/C13H13NO2S/c1-9-7-17-8-12(9)13(16)14(2)10-4-3-5-11(15)6-10/h3-8,15H,1-2H3. The van der Waals surface area contributed by atoms with Crippen LogP contribution in [0.3, 0.4) is 0 Å². The molecule has 3 nitrogen and oxygen atoms in total. The molecule has 0 saturated heterocycles. The number of aryl methyl sites for hydroxylation is 1. The summed E-state index contributed by atoms with van der Waals surface area (Å²) in [6, 6.07) is 6.66. The molecule has 1 heterocycles. The summed E-state index contributed by atoms with van der Waals surface area (Å²) in [5, 5.41) is 13.2. The van der Waals surface area contributed by atoms with E-state index in [-0.39, 0.29) is 11.7 Å². The van der Waals surface area contributed by atoms with Crippen molar-refractivity contribution in [1.82, 2.24) is 0 Å². The van der Waals surface area contributed by atoms with Crippen LogP contribution in [-0.4, -0.2) is 18.1 Å². The molecular weight excluding hydrogens is 234 g/mol. The van der Waals surface area contributed by atoms with Gasteiger partial charge in [0.15, 0.2) is 0 Å². The zero-order chi connectivity index (χ0) is 12.4. The molecule has 1 amide bonds. The number of aromatic hydroxyl groups is 1. The van der Waals surface area contributed by atoms with Crippen molar-refractivity contribution in [3.05, 3.63) is 46.2 Å². The lowest BCUT2D eigenvalue weighted by atomic mass is 10.2. The van der Waals surface area contributed by atoms with Gasteiger partial charge in [-0.25, -0.2) is 0 Å². The van der Waals surface area contributed by atoms with Gasteiger partial charge in [0.1, 0.15) is 5.75 Å². The maximum absolute atomic E-state index is 12.2. The van der Waals surface area contributed by atoms with Crippen molar-refractivity contribution in [3.8, 4) is 5.75 Å². The number of amides is 1. The van der Waals surface area contributed by atoms with Crippen molar-refractivity contribution in [2.45, 2.75) is 6.92 Å². The minimum absolute atomic E-state index is 0.0608. The van der Waals surface area contributed by atoms with Gasteiger partial charge in [0.2, 0.25) is 0 Å². The fraction of sp³-hybridized carbons (Fsp3) is 0.154. The number of hydrogen-bond acceptors (Lipinski definition) is 3. The normalized spacial score (nSPS) is 10.2. The van der Waals surface area contributed by atoms with Crippen LogP contribution in [0.5, 0.6) is 5.75 Å². The lowest BCUT2D eigenvalue weighted by Gasteiger charge is -2.17. The molecule has 17 heavy (non-hydrogen) atoms. The first-order valence-corrected chi connectivity index (χ1v) is 6.14. The molecule has 0 radical (unpaired) electrons. The Morgan fingerprint density at radius 1 is 1.35 bits per heavy atom. The zero-order valence-electron chi connectivity index (χ0n) is 9.68. The van der Waals surface area contributed by atoms with Gasteiger partial charge in [0.05, 0.1) is 5.56 Å². The number of rotatable bonds is 2. The summed E-state index contributed by atoms with van der Waals surface area (Å²) < 4.78 is 0. The van der Waals surface area contributed by atoms with E-state index in [9.17, 15) is 9.90 Å². The smallest absolute Gasteiger partial charge is 0.259 e. The first-order chi connectivity index (χ1) is 8.09. The Bertz CT molecular complexity index is 548. The van der Waals surface area contributed by atoms with Gasteiger partial charge in [0.25, 0.3) is 5.91 Å². The summed E-state index contributed by atoms with van der Waals surface area (Å²) in [6.07, 6.45) is 0. The highest BCUT2D eigenvalue weighted by Crippen LogP contribution is 2.22. The third-order valence-corrected chi connectivity index (χ3v) is 3.47. The topological polar surface area (TPSA) is 40.5 Å². The number of anilines is 1. The van der Waals surface area contributed by atoms with E-state index in [1.54, 1.807) is 31.3 Å². The second kappa shape index (κ2) is 4.59. The van der Waals surface area contributed by atoms with E-state index in [1.807, 2.05) is 17.7 Å². The molecule has 0 saturated carbocycles. The number of carbonyl (C=O) groups is 1. The molecule has 0 aliphatic rings. The van der Waals surface area contributed by atoms with E-state index < -0.39 is 0 Å². The number of thiophene rings is 1. The lowest BCUT2D eigenvalue weighted by Crippen LogP contribution is -2.26. The highest BCUT2D eigenvalue weighted by Gasteiger charge is 2.16. The number of phenols is 1. The van der Waals surface area contributed by atoms with Gasteiger partial charge < -0.3 is 10.0 Å². The van der Waals surface area contributed by atoms with Crippen molar-refractivity contribution >= 4 is 22.9 Å². The fourth-order valence-electron chi connectivity index (χ4n) is 1.58. The molecule has 0 unspecified atom stereocenters. The first-order valence-electron chi connectivity index (χ1n) is 5.19. The monoisotopic (exact) mass is 247 g/mol.